The zero-order valence-electron chi connectivity index (χ0n) is 10.9. The zero-order valence-corrected chi connectivity index (χ0v) is 10.9. The van der Waals surface area contributed by atoms with Crippen molar-refractivity contribution in [3.05, 3.63) is 46.0 Å². The Hall–Kier alpha value is -1.91. The standard InChI is InChI=1S/C14H17NO4/c1-2-19-13(16)14(15(17)18)10-12(14)9-8-11-6-4-3-5-7-11/h3-7,12H,2,8-10H2,1H3/t12-,14+/m1/s1. The fourth-order valence-electron chi connectivity index (χ4n) is 2.45. The minimum atomic E-state index is -1.48. The van der Waals surface area contributed by atoms with Crippen LogP contribution in [0, 0.1) is 16.0 Å². The van der Waals surface area contributed by atoms with Crippen molar-refractivity contribution in [1.82, 2.24) is 0 Å². The number of carbonyl (C=O) groups is 1. The molecule has 2 rings (SSSR count). The number of carbonyl (C=O) groups excluding carboxylic acids is 1. The van der Waals surface area contributed by atoms with Crippen molar-refractivity contribution >= 4 is 5.97 Å². The van der Waals surface area contributed by atoms with Gasteiger partial charge in [0, 0.05) is 17.3 Å². The molecule has 2 atom stereocenters. The maximum Gasteiger partial charge on any atom is 0.385 e. The number of rotatable bonds is 6. The molecule has 1 fully saturated rings. The molecule has 0 heterocycles. The SMILES string of the molecule is CCOC(=O)[C@]1([N+](=O)[O-])C[C@H]1CCc1ccccc1. The fraction of sp³-hybridized carbons (Fsp3) is 0.500. The maximum absolute atomic E-state index is 11.7. The first-order valence-corrected chi connectivity index (χ1v) is 6.47. The Morgan fingerprint density at radius 1 is 1.47 bits per heavy atom. The summed E-state index contributed by atoms with van der Waals surface area (Å²) in [6.07, 6.45) is 1.69. The molecule has 0 N–H and O–H groups in total. The Labute approximate surface area is 111 Å². The van der Waals surface area contributed by atoms with Crippen LogP contribution in [0.25, 0.3) is 0 Å². The van der Waals surface area contributed by atoms with Crippen molar-refractivity contribution in [1.29, 1.82) is 0 Å². The Morgan fingerprint density at radius 3 is 2.74 bits per heavy atom. The van der Waals surface area contributed by atoms with Gasteiger partial charge >= 0.3 is 11.5 Å². The number of nitrogens with zero attached hydrogens (tertiary/aromatic N) is 1. The van der Waals surface area contributed by atoms with E-state index < -0.39 is 16.4 Å². The van der Waals surface area contributed by atoms with Crippen LogP contribution in [0.2, 0.25) is 0 Å². The number of benzene rings is 1. The summed E-state index contributed by atoms with van der Waals surface area (Å²) in [6, 6.07) is 9.78. The summed E-state index contributed by atoms with van der Waals surface area (Å²) in [7, 11) is 0. The third kappa shape index (κ3) is 2.59. The summed E-state index contributed by atoms with van der Waals surface area (Å²) >= 11 is 0. The summed E-state index contributed by atoms with van der Waals surface area (Å²) in [6.45, 7) is 1.84. The molecule has 0 saturated heterocycles. The van der Waals surface area contributed by atoms with Gasteiger partial charge in [-0.05, 0) is 25.3 Å². The van der Waals surface area contributed by atoms with Gasteiger partial charge in [0.1, 0.15) is 0 Å². The number of hydrogen-bond acceptors (Lipinski definition) is 4. The largest absolute Gasteiger partial charge is 0.461 e. The molecule has 1 aliphatic rings. The highest BCUT2D eigenvalue weighted by atomic mass is 16.6. The van der Waals surface area contributed by atoms with Crippen LogP contribution >= 0.6 is 0 Å². The van der Waals surface area contributed by atoms with E-state index in [2.05, 4.69) is 0 Å². The highest BCUT2D eigenvalue weighted by Crippen LogP contribution is 2.49. The Morgan fingerprint density at radius 2 is 2.16 bits per heavy atom. The summed E-state index contributed by atoms with van der Waals surface area (Å²) in [5.74, 6) is -0.889. The van der Waals surface area contributed by atoms with Gasteiger partial charge in [-0.15, -0.1) is 0 Å². The molecule has 0 unspecified atom stereocenters. The van der Waals surface area contributed by atoms with E-state index in [1.165, 1.54) is 0 Å². The zero-order chi connectivity index (χ0) is 13.9. The lowest BCUT2D eigenvalue weighted by Crippen LogP contribution is -2.36. The first-order valence-electron chi connectivity index (χ1n) is 6.47. The summed E-state index contributed by atoms with van der Waals surface area (Å²) in [5.41, 5.74) is -0.347. The molecule has 0 bridgehead atoms. The van der Waals surface area contributed by atoms with Crippen LogP contribution in [0.5, 0.6) is 0 Å². The number of aryl methyl sites for hydroxylation is 1. The molecule has 0 amide bonds. The van der Waals surface area contributed by atoms with Gasteiger partial charge in [0.05, 0.1) is 6.61 Å². The van der Waals surface area contributed by atoms with Gasteiger partial charge in [-0.1, -0.05) is 30.3 Å². The van der Waals surface area contributed by atoms with Crippen LogP contribution in [0.15, 0.2) is 30.3 Å². The van der Waals surface area contributed by atoms with Crippen LogP contribution in [0.4, 0.5) is 0 Å². The van der Waals surface area contributed by atoms with Gasteiger partial charge in [0.25, 0.3) is 0 Å². The molecule has 1 aromatic rings. The molecule has 19 heavy (non-hydrogen) atoms. The second kappa shape index (κ2) is 5.38. The molecule has 0 aliphatic heterocycles. The van der Waals surface area contributed by atoms with Crippen molar-refractivity contribution in [2.45, 2.75) is 31.7 Å². The second-order valence-corrected chi connectivity index (χ2v) is 4.83. The summed E-state index contributed by atoms with van der Waals surface area (Å²) < 4.78 is 4.83. The number of nitro groups is 1. The molecule has 0 radical (unpaired) electrons. The summed E-state index contributed by atoms with van der Waals surface area (Å²) in [5, 5.41) is 11.1. The van der Waals surface area contributed by atoms with Gasteiger partial charge in [0.15, 0.2) is 0 Å². The number of ether oxygens (including phenoxy) is 1. The molecule has 5 nitrogen and oxygen atoms in total. The van der Waals surface area contributed by atoms with Gasteiger partial charge in [0.2, 0.25) is 0 Å². The molecule has 0 spiro atoms. The van der Waals surface area contributed by atoms with E-state index in [0.717, 1.165) is 12.0 Å². The molecular formula is C14H17NO4. The molecule has 1 aliphatic carbocycles. The van der Waals surface area contributed by atoms with E-state index in [1.54, 1.807) is 6.92 Å². The van der Waals surface area contributed by atoms with Crippen molar-refractivity contribution in [3.63, 3.8) is 0 Å². The lowest BCUT2D eigenvalue weighted by molar-refractivity contribution is -0.529. The molecule has 1 aromatic carbocycles. The van der Waals surface area contributed by atoms with Crippen LogP contribution < -0.4 is 0 Å². The Balaban J connectivity index is 1.96. The van der Waals surface area contributed by atoms with Gasteiger partial charge in [-0.2, -0.15) is 0 Å². The van der Waals surface area contributed by atoms with Crippen molar-refractivity contribution < 1.29 is 14.5 Å². The minimum absolute atomic E-state index is 0.180. The maximum atomic E-state index is 11.7. The quantitative estimate of drug-likeness (QED) is 0.448. The average Bonchev–Trinajstić information content (AvgIpc) is 3.14. The molecule has 1 saturated carbocycles. The average molecular weight is 263 g/mol. The predicted molar refractivity (Wildman–Crippen MR) is 69.2 cm³/mol. The lowest BCUT2D eigenvalue weighted by atomic mass is 10.1. The van der Waals surface area contributed by atoms with E-state index in [4.69, 9.17) is 4.74 Å². The minimum Gasteiger partial charge on any atom is -0.461 e. The molecular weight excluding hydrogens is 246 g/mol. The predicted octanol–water partition coefficient (Wildman–Crippen LogP) is 2.22. The van der Waals surface area contributed by atoms with Crippen LogP contribution in [0.1, 0.15) is 25.3 Å². The monoisotopic (exact) mass is 263 g/mol. The smallest absolute Gasteiger partial charge is 0.385 e. The first-order chi connectivity index (χ1) is 9.11. The topological polar surface area (TPSA) is 69.4 Å². The van der Waals surface area contributed by atoms with E-state index in [1.807, 2.05) is 30.3 Å². The molecule has 102 valence electrons. The number of esters is 1. The molecule has 5 heteroatoms. The Kier molecular flexibility index (Phi) is 3.83. The van der Waals surface area contributed by atoms with E-state index in [9.17, 15) is 14.9 Å². The van der Waals surface area contributed by atoms with Crippen LogP contribution in [-0.4, -0.2) is 23.0 Å². The van der Waals surface area contributed by atoms with Gasteiger partial charge in [-0.3, -0.25) is 10.1 Å². The highest BCUT2D eigenvalue weighted by Gasteiger charge is 2.72. The summed E-state index contributed by atoms with van der Waals surface area (Å²) in [4.78, 5) is 22.4. The van der Waals surface area contributed by atoms with Crippen LogP contribution in [-0.2, 0) is 16.0 Å². The van der Waals surface area contributed by atoms with Crippen molar-refractivity contribution in [2.24, 2.45) is 5.92 Å². The van der Waals surface area contributed by atoms with E-state index >= 15 is 0 Å². The van der Waals surface area contributed by atoms with Crippen LogP contribution in [0.3, 0.4) is 0 Å². The first kappa shape index (κ1) is 13.5. The van der Waals surface area contributed by atoms with E-state index in [-0.39, 0.29) is 12.5 Å². The van der Waals surface area contributed by atoms with Gasteiger partial charge < -0.3 is 4.74 Å². The number of hydrogen-bond donors (Lipinski definition) is 0. The van der Waals surface area contributed by atoms with E-state index in [0.29, 0.717) is 12.8 Å². The van der Waals surface area contributed by atoms with Gasteiger partial charge in [-0.25, -0.2) is 4.79 Å². The lowest BCUT2D eigenvalue weighted by Gasteiger charge is -2.08. The van der Waals surface area contributed by atoms with Crippen molar-refractivity contribution in [2.75, 3.05) is 6.61 Å². The Bertz CT molecular complexity index is 474. The highest BCUT2D eigenvalue weighted by molar-refractivity contribution is 5.83. The normalized spacial score (nSPS) is 24.8. The fourth-order valence-corrected chi connectivity index (χ4v) is 2.45. The molecule has 0 aromatic heterocycles. The third-order valence-corrected chi connectivity index (χ3v) is 3.65. The van der Waals surface area contributed by atoms with Crippen molar-refractivity contribution in [3.8, 4) is 0 Å². The third-order valence-electron chi connectivity index (χ3n) is 3.65. The second-order valence-electron chi connectivity index (χ2n) is 4.83.